The lowest BCUT2D eigenvalue weighted by molar-refractivity contribution is -0.156. The first-order valence-electron chi connectivity index (χ1n) is 9.43. The highest BCUT2D eigenvalue weighted by Gasteiger charge is 2.30. The molecule has 2 rings (SSSR count). The van der Waals surface area contributed by atoms with Gasteiger partial charge in [0.1, 0.15) is 17.7 Å². The lowest BCUT2D eigenvalue weighted by atomic mass is 10.0. The lowest BCUT2D eigenvalue weighted by Crippen LogP contribution is -2.47. The second-order valence-corrected chi connectivity index (χ2v) is 7.21. The van der Waals surface area contributed by atoms with Crippen LogP contribution < -0.4 is 10.6 Å². The summed E-state index contributed by atoms with van der Waals surface area (Å²) < 4.78 is 32.6. The Hall–Kier alpha value is -3.29. The van der Waals surface area contributed by atoms with Gasteiger partial charge in [-0.1, -0.05) is 32.0 Å². The molecule has 2 aromatic carbocycles. The summed E-state index contributed by atoms with van der Waals surface area (Å²) in [5.74, 6) is -3.84. The molecule has 8 heteroatoms. The van der Waals surface area contributed by atoms with Crippen LogP contribution in [0.5, 0.6) is 0 Å². The van der Waals surface area contributed by atoms with Gasteiger partial charge in [-0.25, -0.2) is 13.6 Å². The average Bonchev–Trinajstić information content (AvgIpc) is 2.68. The Morgan fingerprint density at radius 3 is 2.23 bits per heavy atom. The van der Waals surface area contributed by atoms with Crippen LogP contribution in [0.1, 0.15) is 36.7 Å². The zero-order valence-corrected chi connectivity index (χ0v) is 17.2. The van der Waals surface area contributed by atoms with Gasteiger partial charge in [0.2, 0.25) is 0 Å². The molecule has 2 amide bonds. The molecule has 0 bridgehead atoms. The molecule has 0 radical (unpaired) electrons. The molecule has 0 saturated heterocycles. The maximum atomic E-state index is 13.8. The molecule has 0 saturated carbocycles. The molecular formula is C22H24F2N2O4. The highest BCUT2D eigenvalue weighted by atomic mass is 19.1. The van der Waals surface area contributed by atoms with Crippen LogP contribution in [0.4, 0.5) is 14.5 Å². The van der Waals surface area contributed by atoms with Crippen LogP contribution in [0.15, 0.2) is 42.5 Å². The number of carbonyl (C=O) groups is 3. The van der Waals surface area contributed by atoms with Gasteiger partial charge in [-0.2, -0.15) is 0 Å². The van der Waals surface area contributed by atoms with Crippen LogP contribution in [0, 0.1) is 24.5 Å². The molecule has 2 atom stereocenters. The highest BCUT2D eigenvalue weighted by molar-refractivity contribution is 5.98. The van der Waals surface area contributed by atoms with E-state index in [0.717, 1.165) is 12.1 Å². The van der Waals surface area contributed by atoms with Gasteiger partial charge in [-0.05, 0) is 49.6 Å². The number of halogens is 2. The Kier molecular flexibility index (Phi) is 7.63. The van der Waals surface area contributed by atoms with E-state index in [2.05, 4.69) is 10.6 Å². The average molecular weight is 418 g/mol. The molecule has 0 fully saturated rings. The summed E-state index contributed by atoms with van der Waals surface area (Å²) in [5, 5.41) is 4.91. The van der Waals surface area contributed by atoms with Crippen LogP contribution in [0.3, 0.4) is 0 Å². The second-order valence-electron chi connectivity index (χ2n) is 7.21. The molecule has 0 aliphatic carbocycles. The first kappa shape index (κ1) is 23.0. The molecule has 0 heterocycles. The summed E-state index contributed by atoms with van der Waals surface area (Å²) in [7, 11) is 0. The van der Waals surface area contributed by atoms with Crippen LogP contribution in [-0.4, -0.2) is 29.9 Å². The molecule has 0 spiro atoms. The molecule has 0 aliphatic rings. The SMILES string of the molecule is Cc1ccc(NC(=O)[C@H](C)OC(=O)[C@@H](NC(=O)c2ccccc2F)C(C)C)cc1F. The van der Waals surface area contributed by atoms with E-state index >= 15 is 0 Å². The number of carbonyl (C=O) groups excluding carboxylic acids is 3. The van der Waals surface area contributed by atoms with Crippen molar-refractivity contribution in [1.82, 2.24) is 5.32 Å². The van der Waals surface area contributed by atoms with Gasteiger partial charge in [0.15, 0.2) is 6.10 Å². The van der Waals surface area contributed by atoms with Crippen molar-refractivity contribution in [2.24, 2.45) is 5.92 Å². The van der Waals surface area contributed by atoms with Crippen LogP contribution >= 0.6 is 0 Å². The van der Waals surface area contributed by atoms with Gasteiger partial charge in [-0.15, -0.1) is 0 Å². The van der Waals surface area contributed by atoms with Gasteiger partial charge >= 0.3 is 5.97 Å². The zero-order valence-electron chi connectivity index (χ0n) is 17.2. The topological polar surface area (TPSA) is 84.5 Å². The number of rotatable bonds is 7. The van der Waals surface area contributed by atoms with Gasteiger partial charge in [0, 0.05) is 5.69 Å². The number of amides is 2. The standard InChI is InChI=1S/C22H24F2N2O4/c1-12(2)19(26-21(28)16-7-5-6-8-17(16)23)22(29)30-14(4)20(27)25-15-10-9-13(3)18(24)11-15/h5-12,14,19H,1-4H3,(H,25,27)(H,26,28)/t14-,19-/m0/s1. The number of anilines is 1. The summed E-state index contributed by atoms with van der Waals surface area (Å²) in [6, 6.07) is 8.48. The van der Waals surface area contributed by atoms with Crippen molar-refractivity contribution in [1.29, 1.82) is 0 Å². The fourth-order valence-electron chi connectivity index (χ4n) is 2.58. The minimum Gasteiger partial charge on any atom is -0.451 e. The van der Waals surface area contributed by atoms with E-state index in [1.165, 1.54) is 37.3 Å². The largest absolute Gasteiger partial charge is 0.451 e. The summed E-state index contributed by atoms with van der Waals surface area (Å²) >= 11 is 0. The molecular weight excluding hydrogens is 394 g/mol. The highest BCUT2D eigenvalue weighted by Crippen LogP contribution is 2.15. The quantitative estimate of drug-likeness (QED) is 0.673. The van der Waals surface area contributed by atoms with E-state index < -0.39 is 41.6 Å². The van der Waals surface area contributed by atoms with E-state index in [4.69, 9.17) is 4.74 Å². The molecule has 2 N–H and O–H groups in total. The summed E-state index contributed by atoms with van der Waals surface area (Å²) in [5.41, 5.74) is 0.445. The van der Waals surface area contributed by atoms with Gasteiger partial charge in [0.25, 0.3) is 11.8 Å². The molecule has 0 unspecified atom stereocenters. The molecule has 0 aromatic heterocycles. The Morgan fingerprint density at radius 1 is 0.967 bits per heavy atom. The Labute approximate surface area is 173 Å². The molecule has 0 aliphatic heterocycles. The number of nitrogens with one attached hydrogen (secondary N) is 2. The maximum absolute atomic E-state index is 13.8. The Morgan fingerprint density at radius 2 is 1.63 bits per heavy atom. The first-order valence-corrected chi connectivity index (χ1v) is 9.43. The third-order valence-corrected chi connectivity index (χ3v) is 4.43. The van der Waals surface area contributed by atoms with E-state index in [9.17, 15) is 23.2 Å². The van der Waals surface area contributed by atoms with Crippen molar-refractivity contribution in [2.75, 3.05) is 5.32 Å². The minimum absolute atomic E-state index is 0.205. The smallest absolute Gasteiger partial charge is 0.329 e. The second kappa shape index (κ2) is 9.96. The minimum atomic E-state index is -1.20. The van der Waals surface area contributed by atoms with E-state index in [1.807, 2.05) is 0 Å². The predicted octanol–water partition coefficient (Wildman–Crippen LogP) is 3.60. The van der Waals surface area contributed by atoms with E-state index in [-0.39, 0.29) is 17.2 Å². The number of esters is 1. The summed E-state index contributed by atoms with van der Waals surface area (Å²) in [6.07, 6.45) is -1.20. The predicted molar refractivity (Wildman–Crippen MR) is 108 cm³/mol. The van der Waals surface area contributed by atoms with Crippen molar-refractivity contribution in [2.45, 2.75) is 39.8 Å². The molecule has 160 valence electrons. The number of hydrogen-bond donors (Lipinski definition) is 2. The van der Waals surface area contributed by atoms with Crippen LogP contribution in [-0.2, 0) is 14.3 Å². The van der Waals surface area contributed by atoms with E-state index in [1.54, 1.807) is 20.8 Å². The number of hydrogen-bond acceptors (Lipinski definition) is 4. The molecule has 30 heavy (non-hydrogen) atoms. The fraction of sp³-hybridized carbons (Fsp3) is 0.318. The molecule has 6 nitrogen and oxygen atoms in total. The van der Waals surface area contributed by atoms with Crippen molar-refractivity contribution < 1.29 is 27.9 Å². The van der Waals surface area contributed by atoms with Gasteiger partial charge in [0.05, 0.1) is 5.56 Å². The van der Waals surface area contributed by atoms with Crippen molar-refractivity contribution in [3.63, 3.8) is 0 Å². The monoisotopic (exact) mass is 418 g/mol. The normalized spacial score (nSPS) is 12.8. The summed E-state index contributed by atoms with van der Waals surface area (Å²) in [6.45, 7) is 6.29. The number of benzene rings is 2. The van der Waals surface area contributed by atoms with Crippen molar-refractivity contribution >= 4 is 23.5 Å². The summed E-state index contributed by atoms with van der Waals surface area (Å²) in [4.78, 5) is 37.1. The van der Waals surface area contributed by atoms with Crippen molar-refractivity contribution in [3.8, 4) is 0 Å². The maximum Gasteiger partial charge on any atom is 0.329 e. The first-order chi connectivity index (χ1) is 14.1. The number of ether oxygens (including phenoxy) is 1. The lowest BCUT2D eigenvalue weighted by Gasteiger charge is -2.23. The third-order valence-electron chi connectivity index (χ3n) is 4.43. The van der Waals surface area contributed by atoms with Crippen LogP contribution in [0.25, 0.3) is 0 Å². The van der Waals surface area contributed by atoms with Gasteiger partial charge < -0.3 is 15.4 Å². The Balaban J connectivity index is 2.02. The zero-order chi connectivity index (χ0) is 22.4. The number of aryl methyl sites for hydroxylation is 1. The fourth-order valence-corrected chi connectivity index (χ4v) is 2.58. The van der Waals surface area contributed by atoms with Gasteiger partial charge in [-0.3, -0.25) is 9.59 Å². The third kappa shape index (κ3) is 5.85. The van der Waals surface area contributed by atoms with Crippen LogP contribution in [0.2, 0.25) is 0 Å². The van der Waals surface area contributed by atoms with E-state index in [0.29, 0.717) is 5.56 Å². The van der Waals surface area contributed by atoms with Crippen molar-refractivity contribution in [3.05, 3.63) is 65.2 Å². The molecule has 2 aromatic rings. The Bertz CT molecular complexity index is 946.